The van der Waals surface area contributed by atoms with Crippen molar-refractivity contribution in [1.29, 1.82) is 0 Å². The molecule has 0 radical (unpaired) electrons. The van der Waals surface area contributed by atoms with Crippen LogP contribution in [0.5, 0.6) is 23.0 Å². The number of hydrogen-bond donors (Lipinski definition) is 2. The van der Waals surface area contributed by atoms with Crippen LogP contribution in [0, 0.1) is 10.1 Å². The van der Waals surface area contributed by atoms with Gasteiger partial charge in [0.25, 0.3) is 5.69 Å². The largest absolute Gasteiger partial charge is 0.506 e. The van der Waals surface area contributed by atoms with E-state index in [1.165, 1.54) is 63.8 Å². The lowest BCUT2D eigenvalue weighted by atomic mass is 10.1. The average molecular weight is 476 g/mol. The number of nitro benzene ring substituents is 1. The molecule has 35 heavy (non-hydrogen) atoms. The number of ether oxygens (including phenoxy) is 3. The molecular formula is C26H24N2O7. The molecule has 0 atom stereocenters. The van der Waals surface area contributed by atoms with Gasteiger partial charge >= 0.3 is 0 Å². The van der Waals surface area contributed by atoms with Crippen molar-refractivity contribution in [2.24, 2.45) is 0 Å². The van der Waals surface area contributed by atoms with Gasteiger partial charge in [-0.2, -0.15) is 0 Å². The standard InChI is InChI=1S/C26H24N2O7/c1-33-22-15-18(16-23(34-2)26(22)35-3)7-11-19-5-4-6-21(29)25(19)27-24(30)14-10-17-8-12-20(13-9-17)28(31)32/h4-16,29H,1-3H3,(H,27,30)/b11-7+,14-10+. The lowest BCUT2D eigenvalue weighted by Crippen LogP contribution is -2.09. The summed E-state index contributed by atoms with van der Waals surface area (Å²) in [5.41, 5.74) is 2.12. The number of benzene rings is 3. The Hall–Kier alpha value is -4.79. The molecule has 1 amide bonds. The van der Waals surface area contributed by atoms with Crippen molar-refractivity contribution in [3.8, 4) is 23.0 Å². The van der Waals surface area contributed by atoms with Gasteiger partial charge < -0.3 is 24.6 Å². The summed E-state index contributed by atoms with van der Waals surface area (Å²) in [5.74, 6) is 0.873. The third-order valence-corrected chi connectivity index (χ3v) is 5.00. The van der Waals surface area contributed by atoms with E-state index < -0.39 is 10.8 Å². The van der Waals surface area contributed by atoms with Crippen molar-refractivity contribution < 1.29 is 29.0 Å². The Labute approximate surface area is 202 Å². The third kappa shape index (κ3) is 6.17. The van der Waals surface area contributed by atoms with Crippen LogP contribution in [-0.4, -0.2) is 37.3 Å². The van der Waals surface area contributed by atoms with E-state index in [1.807, 2.05) is 0 Å². The quantitative estimate of drug-likeness (QED) is 0.144. The molecule has 0 aliphatic heterocycles. The average Bonchev–Trinajstić information content (AvgIpc) is 2.87. The number of carbonyl (C=O) groups is 1. The van der Waals surface area contributed by atoms with Crippen molar-refractivity contribution in [2.45, 2.75) is 0 Å². The number of nitrogens with zero attached hydrogens (tertiary/aromatic N) is 1. The van der Waals surface area contributed by atoms with E-state index >= 15 is 0 Å². The molecule has 0 aromatic heterocycles. The third-order valence-electron chi connectivity index (χ3n) is 5.00. The summed E-state index contributed by atoms with van der Waals surface area (Å²) in [6, 6.07) is 14.2. The zero-order chi connectivity index (χ0) is 25.4. The Kier molecular flexibility index (Phi) is 8.07. The summed E-state index contributed by atoms with van der Waals surface area (Å²) in [6.07, 6.45) is 6.31. The smallest absolute Gasteiger partial charge is 0.269 e. The van der Waals surface area contributed by atoms with Crippen LogP contribution >= 0.6 is 0 Å². The Morgan fingerprint density at radius 1 is 0.914 bits per heavy atom. The number of aromatic hydroxyl groups is 1. The summed E-state index contributed by atoms with van der Waals surface area (Å²) in [7, 11) is 4.57. The number of amides is 1. The van der Waals surface area contributed by atoms with Gasteiger partial charge in [-0.3, -0.25) is 14.9 Å². The number of hydrogen-bond acceptors (Lipinski definition) is 7. The molecule has 0 aliphatic carbocycles. The zero-order valence-electron chi connectivity index (χ0n) is 19.3. The van der Waals surface area contributed by atoms with Crippen molar-refractivity contribution in [1.82, 2.24) is 0 Å². The minimum absolute atomic E-state index is 0.0376. The van der Waals surface area contributed by atoms with Gasteiger partial charge in [0.15, 0.2) is 11.5 Å². The summed E-state index contributed by atoms with van der Waals surface area (Å²) in [4.78, 5) is 22.8. The fraction of sp³-hybridized carbons (Fsp3) is 0.115. The van der Waals surface area contributed by atoms with E-state index in [4.69, 9.17) is 14.2 Å². The fourth-order valence-electron chi connectivity index (χ4n) is 3.26. The number of para-hydroxylation sites is 1. The monoisotopic (exact) mass is 476 g/mol. The molecular weight excluding hydrogens is 452 g/mol. The Bertz CT molecular complexity index is 1260. The van der Waals surface area contributed by atoms with E-state index in [0.717, 1.165) is 5.56 Å². The lowest BCUT2D eigenvalue weighted by molar-refractivity contribution is -0.384. The molecule has 180 valence electrons. The number of phenols is 1. The van der Waals surface area contributed by atoms with Crippen LogP contribution in [0.25, 0.3) is 18.2 Å². The highest BCUT2D eigenvalue weighted by Gasteiger charge is 2.13. The number of nitro groups is 1. The van der Waals surface area contributed by atoms with Gasteiger partial charge in [0.1, 0.15) is 5.75 Å². The highest BCUT2D eigenvalue weighted by Crippen LogP contribution is 2.39. The highest BCUT2D eigenvalue weighted by molar-refractivity contribution is 6.04. The normalized spacial score (nSPS) is 10.9. The van der Waals surface area contributed by atoms with Gasteiger partial charge in [-0.15, -0.1) is 0 Å². The second-order valence-corrected chi connectivity index (χ2v) is 7.20. The highest BCUT2D eigenvalue weighted by atomic mass is 16.6. The molecule has 0 bridgehead atoms. The zero-order valence-corrected chi connectivity index (χ0v) is 19.3. The summed E-state index contributed by atoms with van der Waals surface area (Å²) < 4.78 is 16.1. The van der Waals surface area contributed by atoms with Gasteiger partial charge in [0.05, 0.1) is 31.9 Å². The van der Waals surface area contributed by atoms with Gasteiger partial charge in [0, 0.05) is 23.8 Å². The number of carbonyl (C=O) groups excluding carboxylic acids is 1. The predicted molar refractivity (Wildman–Crippen MR) is 134 cm³/mol. The van der Waals surface area contributed by atoms with E-state index in [9.17, 15) is 20.0 Å². The topological polar surface area (TPSA) is 120 Å². The second-order valence-electron chi connectivity index (χ2n) is 7.20. The number of phenolic OH excluding ortho intramolecular Hbond substituents is 1. The molecule has 3 aromatic carbocycles. The van der Waals surface area contributed by atoms with Crippen molar-refractivity contribution in [3.05, 3.63) is 87.5 Å². The van der Waals surface area contributed by atoms with Crippen molar-refractivity contribution >= 4 is 35.5 Å². The first-order valence-electron chi connectivity index (χ1n) is 10.4. The van der Waals surface area contributed by atoms with E-state index in [0.29, 0.717) is 28.4 Å². The molecule has 0 unspecified atom stereocenters. The molecule has 9 heteroatoms. The van der Waals surface area contributed by atoms with Crippen molar-refractivity contribution in [3.63, 3.8) is 0 Å². The first-order valence-corrected chi connectivity index (χ1v) is 10.4. The van der Waals surface area contributed by atoms with Crippen LogP contribution in [0.3, 0.4) is 0 Å². The fourth-order valence-corrected chi connectivity index (χ4v) is 3.26. The van der Waals surface area contributed by atoms with Crippen LogP contribution in [0.1, 0.15) is 16.7 Å². The lowest BCUT2D eigenvalue weighted by Gasteiger charge is -2.13. The minimum atomic E-state index is -0.495. The van der Waals surface area contributed by atoms with Gasteiger partial charge in [-0.05, 0) is 47.5 Å². The first kappa shape index (κ1) is 24.8. The van der Waals surface area contributed by atoms with Crippen LogP contribution in [-0.2, 0) is 4.79 Å². The summed E-state index contributed by atoms with van der Waals surface area (Å²) in [6.45, 7) is 0. The van der Waals surface area contributed by atoms with Crippen LogP contribution in [0.2, 0.25) is 0 Å². The second kappa shape index (κ2) is 11.4. The maximum absolute atomic E-state index is 12.5. The number of rotatable bonds is 9. The Morgan fingerprint density at radius 2 is 1.57 bits per heavy atom. The summed E-state index contributed by atoms with van der Waals surface area (Å²) in [5, 5.41) is 23.8. The number of nitrogens with one attached hydrogen (secondary N) is 1. The molecule has 0 spiro atoms. The van der Waals surface area contributed by atoms with E-state index in [2.05, 4.69) is 5.32 Å². The summed E-state index contributed by atoms with van der Waals surface area (Å²) >= 11 is 0. The Balaban J connectivity index is 1.82. The number of methoxy groups -OCH3 is 3. The maximum Gasteiger partial charge on any atom is 0.269 e. The van der Waals surface area contributed by atoms with Gasteiger partial charge in [-0.1, -0.05) is 24.3 Å². The number of non-ortho nitro benzene ring substituents is 1. The maximum atomic E-state index is 12.5. The number of anilines is 1. The van der Waals surface area contributed by atoms with Crippen molar-refractivity contribution in [2.75, 3.05) is 26.6 Å². The molecule has 0 saturated heterocycles. The van der Waals surface area contributed by atoms with Crippen LogP contribution in [0.15, 0.2) is 60.7 Å². The van der Waals surface area contributed by atoms with Gasteiger partial charge in [0.2, 0.25) is 11.7 Å². The molecule has 0 aliphatic rings. The van der Waals surface area contributed by atoms with E-state index in [1.54, 1.807) is 36.4 Å². The molecule has 0 saturated carbocycles. The minimum Gasteiger partial charge on any atom is -0.506 e. The molecule has 9 nitrogen and oxygen atoms in total. The van der Waals surface area contributed by atoms with E-state index in [-0.39, 0.29) is 17.1 Å². The predicted octanol–water partition coefficient (Wildman–Crippen LogP) is 5.15. The molecule has 0 fully saturated rings. The molecule has 0 heterocycles. The molecule has 2 N–H and O–H groups in total. The van der Waals surface area contributed by atoms with Crippen LogP contribution < -0.4 is 19.5 Å². The first-order chi connectivity index (χ1) is 16.9. The van der Waals surface area contributed by atoms with Gasteiger partial charge in [-0.25, -0.2) is 0 Å². The SMILES string of the molecule is COc1cc(/C=C/c2cccc(O)c2NC(=O)/C=C/c2ccc([N+](=O)[O-])cc2)cc(OC)c1OC. The molecule has 3 rings (SSSR count). The molecule has 3 aromatic rings. The Morgan fingerprint density at radius 3 is 2.14 bits per heavy atom. The van der Waals surface area contributed by atoms with Crippen LogP contribution in [0.4, 0.5) is 11.4 Å².